The molecule has 0 bridgehead atoms. The van der Waals surface area contributed by atoms with Crippen molar-refractivity contribution in [1.29, 1.82) is 0 Å². The summed E-state index contributed by atoms with van der Waals surface area (Å²) in [6, 6.07) is 2.65. The Morgan fingerprint density at radius 2 is 1.59 bits per heavy atom. The number of hydrogen-bond donors (Lipinski definition) is 1. The minimum absolute atomic E-state index is 0.00418. The van der Waals surface area contributed by atoms with Gasteiger partial charge >= 0.3 is 24.6 Å². The summed E-state index contributed by atoms with van der Waals surface area (Å²) in [4.78, 5) is 16.3. The highest BCUT2D eigenvalue weighted by atomic mass is 19.4. The Bertz CT molecular complexity index is 1600. The molecule has 1 amide bonds. The van der Waals surface area contributed by atoms with E-state index in [0.717, 1.165) is 10.9 Å². The van der Waals surface area contributed by atoms with Crippen LogP contribution in [0.4, 0.5) is 55.9 Å². The number of carbonyl (C=O) groups excluding carboxylic acids is 1. The van der Waals surface area contributed by atoms with Gasteiger partial charge in [-0.15, -0.1) is 5.10 Å². The summed E-state index contributed by atoms with van der Waals surface area (Å²) in [5.41, 5.74) is -4.69. The SMILES string of the molecule is CCc1cc2c(cc1C(F)(F)F)N(CCNC(=O)OC(C)(C)C)CCCC2N(Cc1cc(C(F)(F)F)cc(C(F)(F)F)c1)c1nnn(C)n1. The van der Waals surface area contributed by atoms with Crippen molar-refractivity contribution in [2.75, 3.05) is 29.4 Å². The number of aromatic nitrogens is 4. The van der Waals surface area contributed by atoms with Gasteiger partial charge in [-0.3, -0.25) is 0 Å². The average molecular weight is 710 g/mol. The van der Waals surface area contributed by atoms with Gasteiger partial charge < -0.3 is 19.9 Å². The molecule has 270 valence electrons. The van der Waals surface area contributed by atoms with Crippen LogP contribution < -0.4 is 15.1 Å². The molecule has 1 unspecified atom stereocenters. The van der Waals surface area contributed by atoms with Crippen LogP contribution in [0.5, 0.6) is 0 Å². The molecule has 1 aromatic heterocycles. The number of carbonyl (C=O) groups is 1. The van der Waals surface area contributed by atoms with E-state index in [1.807, 2.05) is 0 Å². The van der Waals surface area contributed by atoms with Crippen molar-refractivity contribution in [3.63, 3.8) is 0 Å². The second-order valence-corrected chi connectivity index (χ2v) is 12.6. The molecule has 0 aliphatic carbocycles. The molecule has 0 fully saturated rings. The van der Waals surface area contributed by atoms with Gasteiger partial charge in [0.15, 0.2) is 0 Å². The fourth-order valence-electron chi connectivity index (χ4n) is 5.68. The van der Waals surface area contributed by atoms with Crippen molar-refractivity contribution in [2.24, 2.45) is 7.05 Å². The molecule has 49 heavy (non-hydrogen) atoms. The first kappa shape index (κ1) is 37.6. The van der Waals surface area contributed by atoms with Gasteiger partial charge in [0.25, 0.3) is 5.95 Å². The summed E-state index contributed by atoms with van der Waals surface area (Å²) in [5, 5.41) is 14.5. The van der Waals surface area contributed by atoms with E-state index in [-0.39, 0.29) is 61.3 Å². The van der Waals surface area contributed by atoms with E-state index in [1.165, 1.54) is 24.9 Å². The third-order valence-electron chi connectivity index (χ3n) is 7.73. The third-order valence-corrected chi connectivity index (χ3v) is 7.73. The zero-order valence-electron chi connectivity index (χ0n) is 27.3. The summed E-state index contributed by atoms with van der Waals surface area (Å²) in [7, 11) is 1.41. The molecule has 1 N–H and O–H groups in total. The molecule has 3 aromatic rings. The number of amides is 1. The summed E-state index contributed by atoms with van der Waals surface area (Å²) < 4.78 is 131. The normalized spacial score (nSPS) is 15.9. The van der Waals surface area contributed by atoms with Gasteiger partial charge in [-0.05, 0) is 86.2 Å². The van der Waals surface area contributed by atoms with Crippen LogP contribution in [-0.2, 0) is 43.3 Å². The zero-order chi connectivity index (χ0) is 36.5. The molecule has 1 atom stereocenters. The molecule has 0 spiro atoms. The lowest BCUT2D eigenvalue weighted by Crippen LogP contribution is -2.38. The molecular weight excluding hydrogens is 673 g/mol. The number of alkyl halides is 9. The number of nitrogens with zero attached hydrogens (tertiary/aromatic N) is 6. The number of benzene rings is 2. The number of alkyl carbamates (subject to hydrolysis) is 1. The van der Waals surface area contributed by atoms with Crippen LogP contribution >= 0.6 is 0 Å². The van der Waals surface area contributed by atoms with Crippen LogP contribution in [0.2, 0.25) is 0 Å². The van der Waals surface area contributed by atoms with E-state index >= 15 is 0 Å². The monoisotopic (exact) mass is 709 g/mol. The summed E-state index contributed by atoms with van der Waals surface area (Å²) in [5.74, 6) is -0.151. The van der Waals surface area contributed by atoms with E-state index in [4.69, 9.17) is 4.74 Å². The molecular formula is C31H36F9N7O2. The number of ether oxygens (including phenoxy) is 1. The minimum Gasteiger partial charge on any atom is -0.444 e. The van der Waals surface area contributed by atoms with Crippen LogP contribution in [0.3, 0.4) is 0 Å². The van der Waals surface area contributed by atoms with E-state index in [9.17, 15) is 44.3 Å². The first-order valence-corrected chi connectivity index (χ1v) is 15.3. The molecule has 2 aromatic carbocycles. The van der Waals surface area contributed by atoms with Gasteiger partial charge in [-0.1, -0.05) is 18.1 Å². The third kappa shape index (κ3) is 9.47. The van der Waals surface area contributed by atoms with Crippen molar-refractivity contribution in [3.05, 3.63) is 63.7 Å². The predicted molar refractivity (Wildman–Crippen MR) is 161 cm³/mol. The molecule has 2 heterocycles. The number of fused-ring (bicyclic) bond motifs is 1. The number of nitrogens with one attached hydrogen (secondary N) is 1. The Kier molecular flexibility index (Phi) is 10.7. The molecule has 0 saturated heterocycles. The number of halogens is 9. The maximum Gasteiger partial charge on any atom is 0.416 e. The van der Waals surface area contributed by atoms with E-state index in [1.54, 1.807) is 25.7 Å². The van der Waals surface area contributed by atoms with Gasteiger partial charge in [-0.25, -0.2) is 4.79 Å². The quantitative estimate of drug-likeness (QED) is 0.240. The van der Waals surface area contributed by atoms with Gasteiger partial charge in [0.05, 0.1) is 29.8 Å². The Morgan fingerprint density at radius 3 is 2.10 bits per heavy atom. The number of rotatable bonds is 8. The lowest BCUT2D eigenvalue weighted by molar-refractivity contribution is -0.143. The highest BCUT2D eigenvalue weighted by Gasteiger charge is 2.39. The maximum absolute atomic E-state index is 14.3. The van der Waals surface area contributed by atoms with Crippen molar-refractivity contribution >= 4 is 17.7 Å². The fourth-order valence-corrected chi connectivity index (χ4v) is 5.68. The molecule has 0 radical (unpaired) electrons. The second-order valence-electron chi connectivity index (χ2n) is 12.6. The summed E-state index contributed by atoms with van der Waals surface area (Å²) in [6.45, 7) is 6.25. The second kappa shape index (κ2) is 13.9. The van der Waals surface area contributed by atoms with Crippen LogP contribution in [0.25, 0.3) is 0 Å². The van der Waals surface area contributed by atoms with Crippen molar-refractivity contribution in [2.45, 2.75) is 83.7 Å². The van der Waals surface area contributed by atoms with Crippen molar-refractivity contribution < 1.29 is 49.0 Å². The maximum atomic E-state index is 14.3. The largest absolute Gasteiger partial charge is 0.444 e. The Balaban J connectivity index is 1.84. The van der Waals surface area contributed by atoms with E-state index in [2.05, 4.69) is 20.7 Å². The van der Waals surface area contributed by atoms with Gasteiger partial charge in [0.2, 0.25) is 0 Å². The number of tetrazole rings is 1. The highest BCUT2D eigenvalue weighted by molar-refractivity contribution is 5.68. The lowest BCUT2D eigenvalue weighted by Gasteiger charge is -2.33. The number of anilines is 2. The summed E-state index contributed by atoms with van der Waals surface area (Å²) >= 11 is 0. The van der Waals surface area contributed by atoms with Gasteiger partial charge in [0, 0.05) is 31.9 Å². The lowest BCUT2D eigenvalue weighted by atomic mass is 9.93. The van der Waals surface area contributed by atoms with E-state index < -0.39 is 59.5 Å². The smallest absolute Gasteiger partial charge is 0.416 e. The topological polar surface area (TPSA) is 88.4 Å². The number of hydrogen-bond acceptors (Lipinski definition) is 7. The molecule has 1 aliphatic heterocycles. The fraction of sp³-hybridized carbons (Fsp3) is 0.548. The van der Waals surface area contributed by atoms with Crippen LogP contribution in [0.15, 0.2) is 30.3 Å². The first-order chi connectivity index (χ1) is 22.6. The highest BCUT2D eigenvalue weighted by Crippen LogP contribution is 2.44. The van der Waals surface area contributed by atoms with Crippen LogP contribution in [-0.4, -0.2) is 51.5 Å². The average Bonchev–Trinajstić information content (AvgIpc) is 3.32. The van der Waals surface area contributed by atoms with Gasteiger partial charge in [0.1, 0.15) is 5.60 Å². The van der Waals surface area contributed by atoms with E-state index in [0.29, 0.717) is 24.1 Å². The molecule has 1 aliphatic rings. The van der Waals surface area contributed by atoms with Gasteiger partial charge in [-0.2, -0.15) is 44.3 Å². The molecule has 9 nitrogen and oxygen atoms in total. The minimum atomic E-state index is -5.10. The predicted octanol–water partition coefficient (Wildman–Crippen LogP) is 7.70. The molecule has 0 saturated carbocycles. The zero-order valence-corrected chi connectivity index (χ0v) is 27.3. The summed E-state index contributed by atoms with van der Waals surface area (Å²) in [6.07, 6.45) is -15.1. The van der Waals surface area contributed by atoms with Crippen LogP contribution in [0, 0.1) is 0 Å². The Morgan fingerprint density at radius 1 is 0.959 bits per heavy atom. The Hall–Kier alpha value is -4.25. The van der Waals surface area contributed by atoms with Crippen molar-refractivity contribution in [1.82, 2.24) is 25.5 Å². The standard InChI is InChI=1S/C31H36F9N7O2/c1-6-19-14-22-24(8-7-10-46(25(22)16-23(19)31(38,39)40)11-9-41-27(48)49-28(2,3)4)47(26-42-44-45(5)43-26)17-18-12-20(29(32,33)34)15-21(13-18)30(35,36)37/h12-16,24H,6-11,17H2,1-5H3,(H,41,48). The van der Waals surface area contributed by atoms with Crippen molar-refractivity contribution in [3.8, 4) is 0 Å². The number of aryl methyl sites for hydroxylation is 2. The van der Waals surface area contributed by atoms with Crippen LogP contribution in [0.1, 0.15) is 80.0 Å². The molecule has 18 heteroatoms. The Labute approximate surface area is 276 Å². The first-order valence-electron chi connectivity index (χ1n) is 15.3. The molecule has 4 rings (SSSR count).